The molecule has 2 N–H and O–H groups in total. The van der Waals surface area contributed by atoms with Gasteiger partial charge in [-0.1, -0.05) is 0 Å². The number of carboxylic acid groups (broad SMARTS) is 2. The second-order valence-corrected chi connectivity index (χ2v) is 10.5. The molecule has 16 nitrogen and oxygen atoms in total. The van der Waals surface area contributed by atoms with Crippen LogP contribution in [0.5, 0.6) is 23.0 Å². The van der Waals surface area contributed by atoms with Gasteiger partial charge in [-0.15, -0.1) is 0 Å². The average Bonchev–Trinajstić information content (AvgIpc) is 3.13. The Bertz CT molecular complexity index is 1470. The summed E-state index contributed by atoms with van der Waals surface area (Å²) in [6, 6.07) is 11.2. The predicted molar refractivity (Wildman–Crippen MR) is 183 cm³/mol. The molecule has 0 unspecified atom stereocenters. The summed E-state index contributed by atoms with van der Waals surface area (Å²) < 4.78 is 54.3. The molecule has 0 spiro atoms. The van der Waals surface area contributed by atoms with Gasteiger partial charge in [-0.25, -0.2) is 9.59 Å². The van der Waals surface area contributed by atoms with Gasteiger partial charge in [-0.2, -0.15) is 0 Å². The number of methoxy groups -OCH3 is 2. The van der Waals surface area contributed by atoms with Crippen molar-refractivity contribution >= 4 is 24.9 Å². The van der Waals surface area contributed by atoms with Gasteiger partial charge in [-0.3, -0.25) is 9.59 Å². The molecule has 0 saturated carbocycles. The molecule has 0 bridgehead atoms. The molecular weight excluding hydrogens is 688 g/mol. The zero-order valence-electron chi connectivity index (χ0n) is 28.9. The fraction of sp³-hybridized carbons (Fsp3) is 0.389. The molecule has 0 amide bonds. The number of carbonyl (C=O) groups is 4. The summed E-state index contributed by atoms with van der Waals surface area (Å²) in [6.07, 6.45) is 0. The summed E-state index contributed by atoms with van der Waals surface area (Å²) in [5, 5.41) is 19.6. The van der Waals surface area contributed by atoms with Crippen LogP contribution in [0.25, 0.3) is 22.3 Å². The topological polar surface area (TPSA) is 201 Å². The van der Waals surface area contributed by atoms with Gasteiger partial charge in [0.25, 0.3) is 12.9 Å². The second-order valence-electron chi connectivity index (χ2n) is 10.5. The minimum Gasteiger partial charge on any atom is -0.491 e. The standard InChI is InChI=1S/C36H42O16/c1-43-3-5-45-7-9-47-11-13-49-33-21-32(26-16-28(36(41)42)20-30(18-26)52-24-38)34(50-14-12-48-10-8-46-6-4-44-2)22-31(33)25-15-27(35(39)40)19-29(17-25)51-23-37/h15-24H,3-14H2,1-2H3,(H,39,40)(H,41,42). The number of hydrogen-bond acceptors (Lipinski definition) is 14. The van der Waals surface area contributed by atoms with Crippen LogP contribution in [0.4, 0.5) is 0 Å². The lowest BCUT2D eigenvalue weighted by molar-refractivity contribution is -0.121. The van der Waals surface area contributed by atoms with Crippen molar-refractivity contribution in [2.24, 2.45) is 0 Å². The molecule has 52 heavy (non-hydrogen) atoms. The molecule has 0 fully saturated rings. The zero-order chi connectivity index (χ0) is 37.6. The Morgan fingerprint density at radius 2 is 0.846 bits per heavy atom. The number of carboxylic acids is 2. The lowest BCUT2D eigenvalue weighted by atomic mass is 9.95. The Labute approximate surface area is 299 Å². The molecule has 0 aliphatic heterocycles. The number of aromatic carboxylic acids is 2. The van der Waals surface area contributed by atoms with Crippen LogP contribution < -0.4 is 18.9 Å². The first-order valence-electron chi connectivity index (χ1n) is 16.0. The fourth-order valence-electron chi connectivity index (χ4n) is 4.60. The van der Waals surface area contributed by atoms with Crippen LogP contribution in [-0.4, -0.2) is 129 Å². The fourth-order valence-corrected chi connectivity index (χ4v) is 4.60. The van der Waals surface area contributed by atoms with Gasteiger partial charge in [0.05, 0.1) is 77.2 Å². The summed E-state index contributed by atoms with van der Waals surface area (Å²) in [5.41, 5.74) is 0.927. The van der Waals surface area contributed by atoms with Crippen LogP contribution in [-0.2, 0) is 38.0 Å². The maximum atomic E-state index is 12.0. The largest absolute Gasteiger partial charge is 0.491 e. The zero-order valence-corrected chi connectivity index (χ0v) is 28.9. The third-order valence-electron chi connectivity index (χ3n) is 6.96. The van der Waals surface area contributed by atoms with E-state index in [1.54, 1.807) is 26.4 Å². The van der Waals surface area contributed by atoms with Gasteiger partial charge in [-0.05, 0) is 59.7 Å². The summed E-state index contributed by atoms with van der Waals surface area (Å²) >= 11 is 0. The van der Waals surface area contributed by atoms with Crippen molar-refractivity contribution in [2.45, 2.75) is 0 Å². The summed E-state index contributed by atoms with van der Waals surface area (Å²) in [5.74, 6) is -2.19. The Kier molecular flexibility index (Phi) is 18.6. The van der Waals surface area contributed by atoms with E-state index in [-0.39, 0.29) is 86.7 Å². The van der Waals surface area contributed by atoms with Gasteiger partial charge in [0, 0.05) is 25.3 Å². The molecule has 0 heterocycles. The van der Waals surface area contributed by atoms with Crippen LogP contribution in [0, 0.1) is 0 Å². The highest BCUT2D eigenvalue weighted by atomic mass is 16.6. The number of rotatable bonds is 28. The summed E-state index contributed by atoms with van der Waals surface area (Å²) in [4.78, 5) is 46.4. The van der Waals surface area contributed by atoms with Crippen LogP contribution in [0.3, 0.4) is 0 Å². The SMILES string of the molecule is COCCOCCOCCOc1cc(-c2cc(OC=O)cc(C(=O)O)c2)c(OCCOCCOCCOC)cc1-c1cc(OC=O)cc(C(=O)O)c1. The van der Waals surface area contributed by atoms with E-state index < -0.39 is 11.9 Å². The highest BCUT2D eigenvalue weighted by Gasteiger charge is 2.20. The van der Waals surface area contributed by atoms with Crippen molar-refractivity contribution in [3.63, 3.8) is 0 Å². The van der Waals surface area contributed by atoms with E-state index >= 15 is 0 Å². The third kappa shape index (κ3) is 13.9. The first-order chi connectivity index (χ1) is 25.3. The smallest absolute Gasteiger partial charge is 0.335 e. The maximum Gasteiger partial charge on any atom is 0.335 e. The van der Waals surface area contributed by atoms with Crippen molar-refractivity contribution in [3.8, 4) is 45.3 Å². The quantitative estimate of drug-likeness (QED) is 0.0810. The monoisotopic (exact) mass is 730 g/mol. The Hall–Kier alpha value is -5.10. The van der Waals surface area contributed by atoms with E-state index in [2.05, 4.69) is 0 Å². The van der Waals surface area contributed by atoms with Crippen LogP contribution in [0.2, 0.25) is 0 Å². The van der Waals surface area contributed by atoms with Crippen molar-refractivity contribution in [3.05, 3.63) is 59.7 Å². The van der Waals surface area contributed by atoms with E-state index in [4.69, 9.17) is 47.4 Å². The van der Waals surface area contributed by atoms with Crippen molar-refractivity contribution < 1.29 is 76.8 Å². The van der Waals surface area contributed by atoms with Gasteiger partial charge in [0.1, 0.15) is 36.2 Å². The average molecular weight is 731 g/mol. The molecule has 0 aliphatic rings. The summed E-state index contributed by atoms with van der Waals surface area (Å²) in [7, 11) is 3.14. The van der Waals surface area contributed by atoms with Crippen molar-refractivity contribution in [1.82, 2.24) is 0 Å². The van der Waals surface area contributed by atoms with Crippen molar-refractivity contribution in [1.29, 1.82) is 0 Å². The van der Waals surface area contributed by atoms with E-state index in [1.807, 2.05) is 0 Å². The van der Waals surface area contributed by atoms with Gasteiger partial charge < -0.3 is 57.6 Å². The first kappa shape index (κ1) is 41.3. The van der Waals surface area contributed by atoms with E-state index in [0.717, 1.165) is 0 Å². The van der Waals surface area contributed by atoms with Crippen LogP contribution >= 0.6 is 0 Å². The molecule has 282 valence electrons. The molecule has 0 aliphatic carbocycles. The maximum absolute atomic E-state index is 12.0. The lowest BCUT2D eigenvalue weighted by Gasteiger charge is -2.19. The Morgan fingerprint density at radius 1 is 0.500 bits per heavy atom. The Balaban J connectivity index is 2.05. The second kappa shape index (κ2) is 23.4. The van der Waals surface area contributed by atoms with Crippen LogP contribution in [0.15, 0.2) is 48.5 Å². The highest BCUT2D eigenvalue weighted by Crippen LogP contribution is 2.43. The van der Waals surface area contributed by atoms with Crippen LogP contribution in [0.1, 0.15) is 20.7 Å². The number of hydrogen-bond donors (Lipinski definition) is 2. The minimum absolute atomic E-state index is 0.0369. The normalized spacial score (nSPS) is 10.8. The minimum atomic E-state index is -1.27. The lowest BCUT2D eigenvalue weighted by Crippen LogP contribution is -2.13. The molecular formula is C36H42O16. The van der Waals surface area contributed by atoms with Gasteiger partial charge >= 0.3 is 11.9 Å². The number of ether oxygens (including phenoxy) is 10. The number of carbonyl (C=O) groups excluding carboxylic acids is 2. The first-order valence-corrected chi connectivity index (χ1v) is 16.0. The van der Waals surface area contributed by atoms with E-state index in [0.29, 0.717) is 61.9 Å². The predicted octanol–water partition coefficient (Wildman–Crippen LogP) is 3.60. The van der Waals surface area contributed by atoms with E-state index in [1.165, 1.54) is 36.4 Å². The Morgan fingerprint density at radius 3 is 1.17 bits per heavy atom. The molecule has 3 aromatic carbocycles. The molecule has 0 atom stereocenters. The molecule has 0 radical (unpaired) electrons. The van der Waals surface area contributed by atoms with E-state index in [9.17, 15) is 29.4 Å². The summed E-state index contributed by atoms with van der Waals surface area (Å²) in [6.45, 7) is 3.69. The van der Waals surface area contributed by atoms with Gasteiger partial charge in [0.15, 0.2) is 0 Å². The van der Waals surface area contributed by atoms with Gasteiger partial charge in [0.2, 0.25) is 0 Å². The third-order valence-corrected chi connectivity index (χ3v) is 6.96. The molecule has 0 aromatic heterocycles. The molecule has 3 rings (SSSR count). The number of benzene rings is 3. The van der Waals surface area contributed by atoms with Crippen molar-refractivity contribution in [2.75, 3.05) is 93.5 Å². The highest BCUT2D eigenvalue weighted by molar-refractivity contribution is 5.93. The molecule has 3 aromatic rings. The molecule has 16 heteroatoms. The molecule has 0 saturated heterocycles.